The molecule has 0 bridgehead atoms. The fourth-order valence-electron chi connectivity index (χ4n) is 19.2. The van der Waals surface area contributed by atoms with Crippen LogP contribution >= 0.6 is 0 Å². The molecule has 32 atom stereocenters. The molecule has 102 heavy (non-hydrogen) atoms. The molecule has 32 heteroatoms. The number of hydrogen-bond acceptors (Lipinski definition) is 31. The molecular formula is C70H104O32. The molecular weight excluding hydrogens is 1350 g/mol. The number of aliphatic hydroxyl groups is 14. The first-order valence-corrected chi connectivity index (χ1v) is 35.0. The molecule has 11 rings (SSSR count). The third kappa shape index (κ3) is 13.3. The van der Waals surface area contributed by atoms with E-state index in [1.54, 1.807) is 12.1 Å². The van der Waals surface area contributed by atoms with Crippen molar-refractivity contribution in [3.8, 4) is 17.2 Å². The fourth-order valence-corrected chi connectivity index (χ4v) is 19.2. The Morgan fingerprint density at radius 3 is 1.86 bits per heavy atom. The van der Waals surface area contributed by atoms with E-state index >= 15 is 4.79 Å². The average Bonchev–Trinajstić information content (AvgIpc) is 0.708. The first-order valence-electron chi connectivity index (χ1n) is 35.0. The van der Waals surface area contributed by atoms with Gasteiger partial charge in [-0.1, -0.05) is 39.3 Å². The van der Waals surface area contributed by atoms with Crippen molar-refractivity contribution < 1.29 is 157 Å². The number of carbonyl (C=O) groups is 3. The second-order valence-electron chi connectivity index (χ2n) is 31.3. The summed E-state index contributed by atoms with van der Waals surface area (Å²) in [6.07, 6.45) is -32.8. The number of hydrogen-bond donors (Lipinski definition) is 15. The van der Waals surface area contributed by atoms with Crippen LogP contribution in [0.2, 0.25) is 0 Å². The quantitative estimate of drug-likeness (QED) is 0.0303. The van der Waals surface area contributed by atoms with E-state index in [1.165, 1.54) is 48.2 Å². The van der Waals surface area contributed by atoms with Gasteiger partial charge >= 0.3 is 17.9 Å². The van der Waals surface area contributed by atoms with Crippen molar-refractivity contribution >= 4 is 24.0 Å². The summed E-state index contributed by atoms with van der Waals surface area (Å²) < 4.78 is 83.7. The minimum atomic E-state index is -2.25. The van der Waals surface area contributed by atoms with Gasteiger partial charge in [0.05, 0.1) is 83.5 Å². The van der Waals surface area contributed by atoms with Gasteiger partial charge in [-0.2, -0.15) is 0 Å². The summed E-state index contributed by atoms with van der Waals surface area (Å²) in [5.74, 6) is -4.00. The largest absolute Gasteiger partial charge is 0.493 e. The molecule has 32 nitrogen and oxygen atoms in total. The number of carbonyl (C=O) groups excluding carboxylic acids is 2. The van der Waals surface area contributed by atoms with Crippen LogP contribution < -0.4 is 14.2 Å². The highest BCUT2D eigenvalue weighted by Gasteiger charge is 2.74. The Hall–Kier alpha value is -4.41. The topological polar surface area (TPSA) is 484 Å². The summed E-state index contributed by atoms with van der Waals surface area (Å²) in [6.45, 7) is 9.25. The Morgan fingerprint density at radius 2 is 1.24 bits per heavy atom. The predicted molar refractivity (Wildman–Crippen MR) is 344 cm³/mol. The molecule has 1 aromatic carbocycles. The number of fused-ring (bicyclic) bond motifs is 7. The van der Waals surface area contributed by atoms with Gasteiger partial charge in [0.1, 0.15) is 85.0 Å². The lowest BCUT2D eigenvalue weighted by atomic mass is 9.33. The Bertz CT molecular complexity index is 3200. The van der Waals surface area contributed by atoms with Crippen LogP contribution in [0.3, 0.4) is 0 Å². The van der Waals surface area contributed by atoms with E-state index in [0.717, 1.165) is 11.6 Å². The maximum absolute atomic E-state index is 16.1. The van der Waals surface area contributed by atoms with Gasteiger partial charge in [-0.3, -0.25) is 9.59 Å². The van der Waals surface area contributed by atoms with E-state index in [4.69, 9.17) is 66.3 Å². The summed E-state index contributed by atoms with van der Waals surface area (Å²) >= 11 is 0. The highest BCUT2D eigenvalue weighted by molar-refractivity contribution is 5.87. The lowest BCUT2D eigenvalue weighted by molar-refractivity contribution is -0.384. The van der Waals surface area contributed by atoms with E-state index in [0.29, 0.717) is 31.2 Å². The molecule has 15 N–H and O–H groups in total. The maximum Gasteiger partial charge on any atom is 0.331 e. The number of aliphatic hydroxyl groups excluding tert-OH is 13. The van der Waals surface area contributed by atoms with Crippen molar-refractivity contribution in [2.75, 3.05) is 54.4 Å². The molecule has 5 saturated heterocycles. The Morgan fingerprint density at radius 1 is 0.608 bits per heavy atom. The number of esters is 2. The zero-order chi connectivity index (χ0) is 74.5. The molecule has 5 aliphatic carbocycles. The standard InChI is InChI=1S/C70H104O32/c1-30-50(97-42(76)14-11-32-21-37(89-8)52(91-10)38(22-32)90-9)48(82)54(100-59-49(83)53(99-61-55(84)70(88,28-73)29-93-61)51(31(2)94-59)98-57-46(80)43(77)36(75)26-92-57)60(95-30)102-63(87)68-18-17-64(3,4)23-34(68)33-12-13-40-65(5)24-35(74)56(101-58-47(81)45(79)44(78)39(25-71)96-58)67(7,62(85)86)41(65)15-16-66(40,6)69(33,27-72)20-19-68/h11-12,14,21-22,30-31,34-36,39-41,43-51,53-61,71-75,77-84,88H,13,15-20,23-29H2,1-10H3,(H,85,86)/t30-,31+,34-,35-,36+,39+,40-,41-,43-,44-,45-,46-,47-,48+,49-,50+,51-,53-,54+,55-,56-,57-,58-,59-,60+,61-,65-,66+,67+,68-,69-,70+/m0/s1. The molecule has 0 amide bonds. The molecule has 5 aliphatic heterocycles. The molecule has 0 unspecified atom stereocenters. The van der Waals surface area contributed by atoms with Gasteiger partial charge in [0.25, 0.3) is 0 Å². The van der Waals surface area contributed by atoms with Gasteiger partial charge in [0.15, 0.2) is 48.9 Å². The monoisotopic (exact) mass is 1460 g/mol. The number of rotatable bonds is 20. The van der Waals surface area contributed by atoms with Crippen molar-refractivity contribution in [2.24, 2.45) is 50.2 Å². The van der Waals surface area contributed by atoms with Crippen LogP contribution in [-0.4, -0.2) is 296 Å². The van der Waals surface area contributed by atoms with Crippen molar-refractivity contribution in [2.45, 2.75) is 253 Å². The smallest absolute Gasteiger partial charge is 0.331 e. The SMILES string of the molecule is COc1cc(C=CC(=O)O[C@H]2[C@@H](O)[C@@H](O[C@@H]3O[C@H](C)[C@H](O[C@@H]4OC[C@@H](O)[C@H](O)[C@@H]4O)[C@@H](O[C@@H]4OC[C@](O)(CO)[C@H]4O)[C@@H]3O)[C@@H](OC(=O)[C@]34CCC(C)(C)C[C@H]3C3=CC[C@H]5[C@]6(C)C[C@H](O)[C@H](O[C@@H]7O[C@H](CO)[C@H](O)[C@H](O)[C@@H]7O)[C@](C)(C(=O)O)[C@H]6CC[C@@]5(C)[C@]3(CO)CC4)O[C@H]2C)cc(OC)c1OC. The van der Waals surface area contributed by atoms with Gasteiger partial charge in [0.2, 0.25) is 12.0 Å². The molecule has 0 radical (unpaired) electrons. The zero-order valence-corrected chi connectivity index (χ0v) is 58.9. The first kappa shape index (κ1) is 78.7. The van der Waals surface area contributed by atoms with Gasteiger partial charge in [-0.25, -0.2) is 4.79 Å². The molecule has 1 aromatic rings. The zero-order valence-electron chi connectivity index (χ0n) is 58.9. The van der Waals surface area contributed by atoms with Gasteiger partial charge < -0.3 is 143 Å². The normalized spacial score (nSPS) is 47.7. The van der Waals surface area contributed by atoms with Gasteiger partial charge in [0, 0.05) is 11.5 Å². The van der Waals surface area contributed by atoms with E-state index in [1.807, 2.05) is 6.92 Å². The number of methoxy groups -OCH3 is 3. The van der Waals surface area contributed by atoms with Crippen molar-refractivity contribution in [1.82, 2.24) is 0 Å². The summed E-state index contributed by atoms with van der Waals surface area (Å²) in [5.41, 5.74) is -7.50. The number of ether oxygens (including phenoxy) is 14. The lowest BCUT2D eigenvalue weighted by Crippen LogP contribution is -2.71. The van der Waals surface area contributed by atoms with Crippen molar-refractivity contribution in [1.29, 1.82) is 0 Å². The van der Waals surface area contributed by atoms with E-state index in [2.05, 4.69) is 26.8 Å². The second kappa shape index (κ2) is 29.6. The van der Waals surface area contributed by atoms with Crippen molar-refractivity contribution in [3.63, 3.8) is 0 Å². The molecule has 5 heterocycles. The van der Waals surface area contributed by atoms with E-state index in [-0.39, 0.29) is 56.0 Å². The second-order valence-corrected chi connectivity index (χ2v) is 31.3. The number of aliphatic carboxylic acids is 1. The molecule has 0 aromatic heterocycles. The number of allylic oxidation sites excluding steroid dienone is 1. The van der Waals surface area contributed by atoms with Crippen LogP contribution in [0.1, 0.15) is 112 Å². The fraction of sp³-hybridized carbons (Fsp3) is 0.814. The number of carboxylic acids is 1. The third-order valence-electron chi connectivity index (χ3n) is 25.1. The van der Waals surface area contributed by atoms with Gasteiger partial charge in [-0.15, -0.1) is 0 Å². The van der Waals surface area contributed by atoms with Crippen LogP contribution in [0, 0.1) is 50.2 Å². The van der Waals surface area contributed by atoms with E-state index < -0.39 is 242 Å². The third-order valence-corrected chi connectivity index (χ3v) is 25.1. The summed E-state index contributed by atoms with van der Waals surface area (Å²) in [7, 11) is 4.25. The Balaban J connectivity index is 0.913. The van der Waals surface area contributed by atoms with Crippen LogP contribution in [0.4, 0.5) is 0 Å². The Labute approximate surface area is 589 Å². The Kier molecular flexibility index (Phi) is 22.8. The highest BCUT2D eigenvalue weighted by Crippen LogP contribution is 2.76. The minimum absolute atomic E-state index is 0.00577. The molecule has 0 spiro atoms. The van der Waals surface area contributed by atoms with E-state index in [9.17, 15) is 86.2 Å². The molecule has 9 fully saturated rings. The highest BCUT2D eigenvalue weighted by atomic mass is 16.8. The van der Waals surface area contributed by atoms with Crippen LogP contribution in [0.15, 0.2) is 29.9 Å². The van der Waals surface area contributed by atoms with Crippen molar-refractivity contribution in [3.05, 3.63) is 35.4 Å². The van der Waals surface area contributed by atoms with Crippen LogP contribution in [-0.2, 0) is 66.5 Å². The van der Waals surface area contributed by atoms with Gasteiger partial charge in [-0.05, 0) is 136 Å². The van der Waals surface area contributed by atoms with Crippen LogP contribution in [0.5, 0.6) is 17.2 Å². The molecule has 10 aliphatic rings. The lowest BCUT2D eigenvalue weighted by Gasteiger charge is -2.71. The number of carboxylic acid groups (broad SMARTS) is 1. The number of benzene rings is 1. The minimum Gasteiger partial charge on any atom is -0.493 e. The first-order chi connectivity index (χ1) is 48.0. The van der Waals surface area contributed by atoms with Crippen LogP contribution in [0.25, 0.3) is 6.08 Å². The maximum atomic E-state index is 16.1. The molecule has 576 valence electrons. The average molecular weight is 1460 g/mol. The predicted octanol–water partition coefficient (Wildman–Crippen LogP) is -1.58. The molecule has 4 saturated carbocycles. The summed E-state index contributed by atoms with van der Waals surface area (Å²) in [4.78, 5) is 44.0. The summed E-state index contributed by atoms with van der Waals surface area (Å²) in [6, 6.07) is 3.13. The summed E-state index contributed by atoms with van der Waals surface area (Å²) in [5, 5.41) is 168.